The zero-order chi connectivity index (χ0) is 17.1. The Hall–Kier alpha value is -3.36. The van der Waals surface area contributed by atoms with E-state index in [4.69, 9.17) is 5.73 Å². The van der Waals surface area contributed by atoms with Crippen molar-refractivity contribution in [2.24, 2.45) is 0 Å². The van der Waals surface area contributed by atoms with Gasteiger partial charge in [-0.15, -0.1) is 0 Å². The molecule has 0 aliphatic heterocycles. The third kappa shape index (κ3) is 3.05. The second-order valence-electron chi connectivity index (χ2n) is 5.02. The number of nitrogens with one attached hydrogen (secondary N) is 1. The number of aromatic hydroxyl groups is 1. The summed E-state index contributed by atoms with van der Waals surface area (Å²) in [6.45, 7) is 0.274. The van der Waals surface area contributed by atoms with Crippen LogP contribution in [0.2, 0.25) is 0 Å². The zero-order valence-corrected chi connectivity index (χ0v) is 12.9. The number of benzene rings is 1. The largest absolute Gasteiger partial charge is 0.480 e. The Bertz CT molecular complexity index is 878. The molecule has 0 bridgehead atoms. The van der Waals surface area contributed by atoms with E-state index in [1.165, 1.54) is 11.7 Å². The maximum atomic E-state index is 11.2. The Labute approximate surface area is 137 Å². The number of nitrogens with zero attached hydrogens (tertiary/aromatic N) is 4. The van der Waals surface area contributed by atoms with Crippen LogP contribution >= 0.6 is 0 Å². The predicted octanol–water partition coefficient (Wildman–Crippen LogP) is 0.747. The fourth-order valence-corrected chi connectivity index (χ4v) is 2.22. The van der Waals surface area contributed by atoms with E-state index >= 15 is 0 Å². The summed E-state index contributed by atoms with van der Waals surface area (Å²) < 4.78 is 6.07. The van der Waals surface area contributed by atoms with Gasteiger partial charge in [0.1, 0.15) is 6.54 Å². The van der Waals surface area contributed by atoms with Gasteiger partial charge in [-0.2, -0.15) is 15.0 Å². The number of hydrogen-bond acceptors (Lipinski definition) is 8. The molecule has 0 fully saturated rings. The molecule has 0 aliphatic rings. The smallest absolute Gasteiger partial charge is 0.325 e. The minimum atomic E-state index is -0.460. The Morgan fingerprint density at radius 1 is 1.29 bits per heavy atom. The number of hydrogen-bond donors (Lipinski definition) is 3. The Balaban J connectivity index is 1.98. The minimum Gasteiger partial charge on any atom is -0.480 e. The number of nitrogens with two attached hydrogens (primary N) is 1. The second kappa shape index (κ2) is 6.41. The van der Waals surface area contributed by atoms with Crippen LogP contribution in [0.25, 0.3) is 11.2 Å². The summed E-state index contributed by atoms with van der Waals surface area (Å²) in [7, 11) is 1.29. The van der Waals surface area contributed by atoms with Gasteiger partial charge in [-0.3, -0.25) is 9.36 Å². The molecule has 0 spiro atoms. The van der Waals surface area contributed by atoms with Gasteiger partial charge in [0, 0.05) is 0 Å². The van der Waals surface area contributed by atoms with Crippen LogP contribution in [-0.2, 0) is 16.1 Å². The van der Waals surface area contributed by atoms with E-state index in [0.717, 1.165) is 5.56 Å². The first-order chi connectivity index (χ1) is 11.6. The summed E-state index contributed by atoms with van der Waals surface area (Å²) >= 11 is 0. The molecule has 9 nitrogen and oxygen atoms in total. The van der Waals surface area contributed by atoms with Crippen LogP contribution in [0, 0.1) is 0 Å². The summed E-state index contributed by atoms with van der Waals surface area (Å²) in [5, 5.41) is 12.8. The van der Waals surface area contributed by atoms with E-state index < -0.39 is 5.97 Å². The highest BCUT2D eigenvalue weighted by Crippen LogP contribution is 2.24. The lowest BCUT2D eigenvalue weighted by Crippen LogP contribution is -2.17. The molecule has 4 N–H and O–H groups in total. The molecule has 0 unspecified atom stereocenters. The highest BCUT2D eigenvalue weighted by molar-refractivity contribution is 5.84. The van der Waals surface area contributed by atoms with Crippen LogP contribution in [0.3, 0.4) is 0 Å². The Morgan fingerprint density at radius 2 is 2.04 bits per heavy atom. The lowest BCUT2D eigenvalue weighted by molar-refractivity contribution is -0.138. The predicted molar refractivity (Wildman–Crippen MR) is 87.4 cm³/mol. The van der Waals surface area contributed by atoms with Gasteiger partial charge < -0.3 is 20.9 Å². The van der Waals surface area contributed by atoms with E-state index in [1.54, 1.807) is 0 Å². The normalized spacial score (nSPS) is 10.7. The lowest BCUT2D eigenvalue weighted by atomic mass is 10.2. The number of fused-ring (bicyclic) bond motifs is 1. The molecule has 9 heteroatoms. The monoisotopic (exact) mass is 328 g/mol. The average Bonchev–Trinajstić information content (AvgIpc) is 2.90. The van der Waals surface area contributed by atoms with Crippen molar-refractivity contribution in [1.29, 1.82) is 0 Å². The molecule has 0 aliphatic carbocycles. The molecule has 2 aromatic heterocycles. The van der Waals surface area contributed by atoms with Gasteiger partial charge in [0.2, 0.25) is 5.95 Å². The highest BCUT2D eigenvalue weighted by Gasteiger charge is 2.16. The topological polar surface area (TPSA) is 128 Å². The van der Waals surface area contributed by atoms with E-state index in [0.29, 0.717) is 17.7 Å². The number of carbonyl (C=O) groups is 1. The van der Waals surface area contributed by atoms with Gasteiger partial charge in [-0.1, -0.05) is 30.3 Å². The molecule has 0 saturated heterocycles. The summed E-state index contributed by atoms with van der Waals surface area (Å²) in [4.78, 5) is 23.5. The number of anilines is 2. The lowest BCUT2D eigenvalue weighted by Gasteiger charge is -2.07. The van der Waals surface area contributed by atoms with E-state index in [-0.39, 0.29) is 24.3 Å². The maximum absolute atomic E-state index is 11.2. The minimum absolute atomic E-state index is 0.0970. The number of imidazole rings is 1. The number of carbonyl (C=O) groups excluding carboxylic acids is 1. The fraction of sp³-hybridized carbons (Fsp3) is 0.200. The molecule has 0 saturated carbocycles. The molecular weight excluding hydrogens is 312 g/mol. The van der Waals surface area contributed by atoms with Gasteiger partial charge in [0.25, 0.3) is 6.01 Å². The van der Waals surface area contributed by atoms with Crippen molar-refractivity contribution in [1.82, 2.24) is 19.5 Å². The van der Waals surface area contributed by atoms with Crippen LogP contribution in [0.5, 0.6) is 6.01 Å². The number of esters is 1. The molecule has 0 amide bonds. The van der Waals surface area contributed by atoms with E-state index in [2.05, 4.69) is 25.0 Å². The number of methoxy groups -OCH3 is 1. The summed E-state index contributed by atoms with van der Waals surface area (Å²) in [5.74, 6) is -0.202. The summed E-state index contributed by atoms with van der Waals surface area (Å²) in [6.07, 6.45) is 0. The number of ether oxygens (including phenoxy) is 1. The first-order valence-electron chi connectivity index (χ1n) is 7.16. The van der Waals surface area contributed by atoms with Gasteiger partial charge in [0.05, 0.1) is 13.7 Å². The van der Waals surface area contributed by atoms with Crippen LogP contribution in [0.15, 0.2) is 30.3 Å². The maximum Gasteiger partial charge on any atom is 0.325 e. The fourth-order valence-electron chi connectivity index (χ4n) is 2.22. The van der Waals surface area contributed by atoms with Crippen LogP contribution in [0.4, 0.5) is 11.8 Å². The van der Waals surface area contributed by atoms with E-state index in [9.17, 15) is 9.90 Å². The van der Waals surface area contributed by atoms with Crippen molar-refractivity contribution in [3.05, 3.63) is 35.9 Å². The van der Waals surface area contributed by atoms with E-state index in [1.807, 2.05) is 30.3 Å². The van der Waals surface area contributed by atoms with Crippen LogP contribution in [-0.4, -0.2) is 44.2 Å². The molecule has 0 atom stereocenters. The molecule has 3 aromatic rings. The number of aromatic nitrogens is 4. The summed E-state index contributed by atoms with van der Waals surface area (Å²) in [5.41, 5.74) is 7.51. The van der Waals surface area contributed by atoms with Crippen molar-refractivity contribution in [3.8, 4) is 6.01 Å². The molecular formula is C15H16N6O3. The van der Waals surface area contributed by atoms with Gasteiger partial charge in [-0.25, -0.2) is 0 Å². The van der Waals surface area contributed by atoms with Gasteiger partial charge in [-0.05, 0) is 5.56 Å². The van der Waals surface area contributed by atoms with Crippen LogP contribution < -0.4 is 11.1 Å². The van der Waals surface area contributed by atoms with Crippen molar-refractivity contribution >= 4 is 28.9 Å². The Kier molecular flexibility index (Phi) is 4.15. The SMILES string of the molecule is COC(=O)CNc1nc(N)c2nc(O)n(Cc3ccccc3)c2n1. The summed E-state index contributed by atoms with van der Waals surface area (Å²) in [6, 6.07) is 9.35. The average molecular weight is 328 g/mol. The molecule has 124 valence electrons. The van der Waals surface area contributed by atoms with Crippen LogP contribution in [0.1, 0.15) is 5.56 Å². The molecule has 1 aromatic carbocycles. The second-order valence-corrected chi connectivity index (χ2v) is 5.02. The Morgan fingerprint density at radius 3 is 2.75 bits per heavy atom. The zero-order valence-electron chi connectivity index (χ0n) is 12.9. The van der Waals surface area contributed by atoms with Gasteiger partial charge >= 0.3 is 5.97 Å². The van der Waals surface area contributed by atoms with Crippen molar-refractivity contribution in [2.45, 2.75) is 6.54 Å². The molecule has 24 heavy (non-hydrogen) atoms. The molecule has 0 radical (unpaired) electrons. The first kappa shape index (κ1) is 15.5. The first-order valence-corrected chi connectivity index (χ1v) is 7.16. The highest BCUT2D eigenvalue weighted by atomic mass is 16.5. The standard InChI is InChI=1S/C15H16N6O3/c1-24-10(22)7-17-14-19-12(16)11-13(20-14)21(15(23)18-11)8-9-5-3-2-4-6-9/h2-6H,7-8H2,1H3,(H,18,23)(H3,16,17,19,20). The van der Waals surface area contributed by atoms with Crippen molar-refractivity contribution in [3.63, 3.8) is 0 Å². The quantitative estimate of drug-likeness (QED) is 0.585. The number of rotatable bonds is 5. The van der Waals surface area contributed by atoms with Crippen molar-refractivity contribution in [2.75, 3.05) is 24.7 Å². The third-order valence-electron chi connectivity index (χ3n) is 3.40. The molecule has 3 rings (SSSR count). The third-order valence-corrected chi connectivity index (χ3v) is 3.40. The molecule has 2 heterocycles. The van der Waals surface area contributed by atoms with Crippen molar-refractivity contribution < 1.29 is 14.6 Å². The number of nitrogen functional groups attached to an aromatic ring is 1. The van der Waals surface area contributed by atoms with Gasteiger partial charge in [0.15, 0.2) is 17.0 Å².